The van der Waals surface area contributed by atoms with Crippen molar-refractivity contribution in [3.05, 3.63) is 0 Å². The van der Waals surface area contributed by atoms with Crippen molar-refractivity contribution >= 4 is 11.9 Å². The van der Waals surface area contributed by atoms with E-state index >= 15 is 0 Å². The molecule has 0 aromatic rings. The molecule has 1 rings (SSSR count). The molecule has 0 N–H and O–H groups in total. The molecule has 5 nitrogen and oxygen atoms in total. The first-order valence-electron chi connectivity index (χ1n) is 6.03. The Balaban J connectivity index is 2.47. The maximum Gasteiger partial charge on any atom is 0.323 e. The summed E-state index contributed by atoms with van der Waals surface area (Å²) >= 11 is 0. The molecule has 1 amide bonds. The molecule has 17 heavy (non-hydrogen) atoms. The third-order valence-electron chi connectivity index (χ3n) is 2.81. The number of carbonyl (C=O) groups is 2. The second-order valence-electron chi connectivity index (χ2n) is 4.08. The van der Waals surface area contributed by atoms with Gasteiger partial charge in [-0.25, -0.2) is 0 Å². The van der Waals surface area contributed by atoms with Gasteiger partial charge in [-0.1, -0.05) is 0 Å². The van der Waals surface area contributed by atoms with Crippen LogP contribution in [-0.2, 0) is 14.3 Å². The Morgan fingerprint density at radius 2 is 2.00 bits per heavy atom. The number of likely N-dealkylation sites (tertiary alicyclic amines) is 1. The van der Waals surface area contributed by atoms with E-state index in [1.54, 1.807) is 11.8 Å². The van der Waals surface area contributed by atoms with E-state index in [9.17, 15) is 9.59 Å². The molecule has 1 saturated heterocycles. The summed E-state index contributed by atoms with van der Waals surface area (Å²) in [5, 5.41) is 8.85. The van der Waals surface area contributed by atoms with Crippen LogP contribution in [0.5, 0.6) is 0 Å². The lowest BCUT2D eigenvalue weighted by Crippen LogP contribution is -2.37. The van der Waals surface area contributed by atoms with Crippen LogP contribution in [0.4, 0.5) is 0 Å². The van der Waals surface area contributed by atoms with Crippen LogP contribution in [0, 0.1) is 17.2 Å². The van der Waals surface area contributed by atoms with Crippen LogP contribution in [0.3, 0.4) is 0 Å². The first-order valence-corrected chi connectivity index (χ1v) is 6.03. The van der Waals surface area contributed by atoms with Crippen LogP contribution in [0.15, 0.2) is 0 Å². The molecule has 1 fully saturated rings. The van der Waals surface area contributed by atoms with E-state index < -0.39 is 11.9 Å². The number of ether oxygens (including phenoxy) is 1. The quantitative estimate of drug-likeness (QED) is 0.687. The van der Waals surface area contributed by atoms with Gasteiger partial charge in [-0.2, -0.15) is 5.26 Å². The summed E-state index contributed by atoms with van der Waals surface area (Å²) in [6.45, 7) is 3.38. The molecule has 0 saturated carbocycles. The minimum atomic E-state index is -0.968. The lowest BCUT2D eigenvalue weighted by Gasteiger charge is -2.27. The molecular formula is C12H18N2O3. The highest BCUT2D eigenvalue weighted by molar-refractivity contribution is 5.84. The minimum Gasteiger partial charge on any atom is -0.465 e. The van der Waals surface area contributed by atoms with E-state index in [0.29, 0.717) is 0 Å². The molecule has 94 valence electrons. The molecule has 0 radical (unpaired) electrons. The summed E-state index contributed by atoms with van der Waals surface area (Å²) in [6.07, 6.45) is 3.09. The molecule has 0 bridgehead atoms. The van der Waals surface area contributed by atoms with E-state index in [2.05, 4.69) is 0 Å². The van der Waals surface area contributed by atoms with Crippen molar-refractivity contribution in [2.24, 2.45) is 5.92 Å². The average molecular weight is 238 g/mol. The topological polar surface area (TPSA) is 70.4 Å². The van der Waals surface area contributed by atoms with Crippen molar-refractivity contribution in [1.29, 1.82) is 5.26 Å². The highest BCUT2D eigenvalue weighted by Gasteiger charge is 2.26. The standard InChI is InChI=1S/C12H18N2O3/c1-2-17-12(16)10(9-13)8-11(15)14-6-4-3-5-7-14/h10H,2-8H2,1H3. The summed E-state index contributed by atoms with van der Waals surface area (Å²) < 4.78 is 4.75. The Bertz CT molecular complexity index is 316. The van der Waals surface area contributed by atoms with Gasteiger partial charge in [0.1, 0.15) is 0 Å². The molecule has 0 spiro atoms. The smallest absolute Gasteiger partial charge is 0.323 e. The van der Waals surface area contributed by atoms with Crippen molar-refractivity contribution in [3.8, 4) is 6.07 Å². The second kappa shape index (κ2) is 6.89. The summed E-state index contributed by atoms with van der Waals surface area (Å²) in [6, 6.07) is 1.83. The molecule has 1 aliphatic heterocycles. The zero-order valence-electron chi connectivity index (χ0n) is 10.1. The van der Waals surface area contributed by atoms with Crippen LogP contribution in [-0.4, -0.2) is 36.5 Å². The number of nitriles is 1. The zero-order valence-corrected chi connectivity index (χ0v) is 10.1. The summed E-state index contributed by atoms with van der Waals surface area (Å²) in [5.74, 6) is -1.69. The van der Waals surface area contributed by atoms with Gasteiger partial charge in [-0.15, -0.1) is 0 Å². The van der Waals surface area contributed by atoms with Gasteiger partial charge < -0.3 is 9.64 Å². The number of nitrogens with zero attached hydrogens (tertiary/aromatic N) is 2. The number of esters is 1. The van der Waals surface area contributed by atoms with Crippen molar-refractivity contribution in [2.45, 2.75) is 32.6 Å². The van der Waals surface area contributed by atoms with Gasteiger partial charge in [0.05, 0.1) is 19.1 Å². The minimum absolute atomic E-state index is 0.0602. The number of rotatable bonds is 4. The Morgan fingerprint density at radius 1 is 1.35 bits per heavy atom. The van der Waals surface area contributed by atoms with Gasteiger partial charge in [0.15, 0.2) is 5.92 Å². The molecule has 5 heteroatoms. The van der Waals surface area contributed by atoms with Crippen molar-refractivity contribution in [2.75, 3.05) is 19.7 Å². The number of hydrogen-bond acceptors (Lipinski definition) is 4. The predicted octanol–water partition coefficient (Wildman–Crippen LogP) is 1.09. The van der Waals surface area contributed by atoms with Crippen molar-refractivity contribution in [3.63, 3.8) is 0 Å². The van der Waals surface area contributed by atoms with Crippen LogP contribution >= 0.6 is 0 Å². The Hall–Kier alpha value is -1.57. The molecule has 1 unspecified atom stereocenters. The lowest BCUT2D eigenvalue weighted by molar-refractivity contribution is -0.149. The molecule has 0 aromatic heterocycles. The summed E-state index contributed by atoms with van der Waals surface area (Å²) in [4.78, 5) is 24.9. The van der Waals surface area contributed by atoms with Gasteiger partial charge in [0.25, 0.3) is 0 Å². The van der Waals surface area contributed by atoms with E-state index in [1.165, 1.54) is 0 Å². The fourth-order valence-corrected chi connectivity index (χ4v) is 1.87. The number of amides is 1. The van der Waals surface area contributed by atoms with Gasteiger partial charge in [0, 0.05) is 13.1 Å². The number of hydrogen-bond donors (Lipinski definition) is 0. The largest absolute Gasteiger partial charge is 0.465 e. The van der Waals surface area contributed by atoms with Crippen molar-refractivity contribution < 1.29 is 14.3 Å². The second-order valence-corrected chi connectivity index (χ2v) is 4.08. The van der Waals surface area contributed by atoms with Crippen molar-refractivity contribution in [1.82, 2.24) is 4.90 Å². The van der Waals surface area contributed by atoms with E-state index in [4.69, 9.17) is 10.00 Å². The molecule has 1 heterocycles. The normalized spacial score (nSPS) is 17.1. The average Bonchev–Trinajstić information content (AvgIpc) is 2.37. The predicted molar refractivity (Wildman–Crippen MR) is 60.8 cm³/mol. The highest BCUT2D eigenvalue weighted by Crippen LogP contribution is 2.13. The molecule has 1 atom stereocenters. The lowest BCUT2D eigenvalue weighted by atomic mass is 10.1. The molecule has 0 aromatic carbocycles. The summed E-state index contributed by atoms with van der Waals surface area (Å²) in [7, 11) is 0. The fraction of sp³-hybridized carbons (Fsp3) is 0.750. The van der Waals surface area contributed by atoms with Crippen LogP contribution in [0.1, 0.15) is 32.6 Å². The van der Waals surface area contributed by atoms with Crippen LogP contribution in [0.25, 0.3) is 0 Å². The molecule has 0 aliphatic carbocycles. The van der Waals surface area contributed by atoms with E-state index in [1.807, 2.05) is 6.07 Å². The van der Waals surface area contributed by atoms with Gasteiger partial charge in [-0.3, -0.25) is 9.59 Å². The Morgan fingerprint density at radius 3 is 2.53 bits per heavy atom. The number of carbonyl (C=O) groups excluding carboxylic acids is 2. The van der Waals surface area contributed by atoms with Gasteiger partial charge in [-0.05, 0) is 26.2 Å². The highest BCUT2D eigenvalue weighted by atomic mass is 16.5. The van der Waals surface area contributed by atoms with Crippen LogP contribution in [0.2, 0.25) is 0 Å². The first kappa shape index (κ1) is 13.5. The SMILES string of the molecule is CCOC(=O)C(C#N)CC(=O)N1CCCCC1. The third kappa shape index (κ3) is 4.06. The fourth-order valence-electron chi connectivity index (χ4n) is 1.87. The third-order valence-corrected chi connectivity index (χ3v) is 2.81. The first-order chi connectivity index (χ1) is 8.19. The van der Waals surface area contributed by atoms with E-state index in [0.717, 1.165) is 32.4 Å². The summed E-state index contributed by atoms with van der Waals surface area (Å²) in [5.41, 5.74) is 0. The monoisotopic (exact) mass is 238 g/mol. The Kier molecular flexibility index (Phi) is 5.47. The van der Waals surface area contributed by atoms with Crippen LogP contribution < -0.4 is 0 Å². The van der Waals surface area contributed by atoms with Gasteiger partial charge in [0.2, 0.25) is 5.91 Å². The molecule has 1 aliphatic rings. The van der Waals surface area contributed by atoms with Gasteiger partial charge >= 0.3 is 5.97 Å². The maximum atomic E-state index is 11.8. The Labute approximate surface area is 101 Å². The zero-order chi connectivity index (χ0) is 12.7. The molecular weight excluding hydrogens is 220 g/mol. The van der Waals surface area contributed by atoms with E-state index in [-0.39, 0.29) is 18.9 Å². The number of piperidine rings is 1. The maximum absolute atomic E-state index is 11.8.